The van der Waals surface area contributed by atoms with Crippen LogP contribution in [0.4, 0.5) is 0 Å². The molecule has 0 aliphatic carbocycles. The number of nitrogens with one attached hydrogen (secondary N) is 4. The van der Waals surface area contributed by atoms with E-state index in [4.69, 9.17) is 11.5 Å². The number of rotatable bonds is 17. The predicted molar refractivity (Wildman–Crippen MR) is 178 cm³/mol. The summed E-state index contributed by atoms with van der Waals surface area (Å²) in [6.45, 7) is 0.387. The molecule has 248 valence electrons. The molecule has 47 heavy (non-hydrogen) atoms. The number of aromatic amines is 1. The minimum Gasteiger partial charge on any atom is -0.508 e. The lowest BCUT2D eigenvalue weighted by Crippen LogP contribution is -2.58. The number of carbonyl (C=O) groups is 4. The molecule has 4 atom stereocenters. The van der Waals surface area contributed by atoms with Crippen LogP contribution in [0.15, 0.2) is 85.1 Å². The molecule has 1 heterocycles. The highest BCUT2D eigenvalue weighted by Crippen LogP contribution is 2.20. The van der Waals surface area contributed by atoms with Crippen LogP contribution in [0.25, 0.3) is 10.9 Å². The Labute approximate surface area is 272 Å². The number of aromatic hydroxyl groups is 1. The number of unbranched alkanes of at least 4 members (excludes halogenated alkanes) is 1. The quantitative estimate of drug-likeness (QED) is 0.0795. The summed E-state index contributed by atoms with van der Waals surface area (Å²) in [5.74, 6) is -3.08. The highest BCUT2D eigenvalue weighted by atomic mass is 16.4. The number of aliphatic carboxylic acids is 1. The van der Waals surface area contributed by atoms with Crippen molar-refractivity contribution in [1.82, 2.24) is 20.9 Å². The molecule has 0 saturated carbocycles. The Balaban J connectivity index is 1.58. The molecule has 0 radical (unpaired) electrons. The highest BCUT2D eigenvalue weighted by molar-refractivity contribution is 5.95. The first-order valence-electron chi connectivity index (χ1n) is 15.6. The highest BCUT2D eigenvalue weighted by Gasteiger charge is 2.31. The third kappa shape index (κ3) is 10.1. The van der Waals surface area contributed by atoms with E-state index >= 15 is 0 Å². The summed E-state index contributed by atoms with van der Waals surface area (Å²) in [5, 5.41) is 28.5. The number of para-hydroxylation sites is 1. The van der Waals surface area contributed by atoms with Crippen LogP contribution in [0.5, 0.6) is 5.75 Å². The summed E-state index contributed by atoms with van der Waals surface area (Å²) in [6, 6.07) is 18.5. The molecule has 0 saturated heterocycles. The van der Waals surface area contributed by atoms with Crippen molar-refractivity contribution in [1.29, 1.82) is 0 Å². The maximum atomic E-state index is 14.0. The van der Waals surface area contributed by atoms with Gasteiger partial charge < -0.3 is 42.6 Å². The summed E-state index contributed by atoms with van der Waals surface area (Å²) in [5.41, 5.74) is 14.9. The van der Waals surface area contributed by atoms with Gasteiger partial charge in [0.2, 0.25) is 17.7 Å². The molecule has 4 rings (SSSR count). The molecule has 0 aliphatic rings. The fraction of sp³-hybridized carbons (Fsp3) is 0.314. The first-order chi connectivity index (χ1) is 22.6. The van der Waals surface area contributed by atoms with E-state index in [1.165, 1.54) is 12.1 Å². The molecule has 12 nitrogen and oxygen atoms in total. The van der Waals surface area contributed by atoms with Crippen LogP contribution in [0.3, 0.4) is 0 Å². The van der Waals surface area contributed by atoms with E-state index in [1.807, 2.05) is 54.6 Å². The lowest BCUT2D eigenvalue weighted by Gasteiger charge is -2.25. The van der Waals surface area contributed by atoms with Crippen molar-refractivity contribution in [2.24, 2.45) is 11.5 Å². The minimum atomic E-state index is -1.21. The van der Waals surface area contributed by atoms with E-state index < -0.39 is 47.9 Å². The smallest absolute Gasteiger partial charge is 0.326 e. The van der Waals surface area contributed by atoms with Gasteiger partial charge in [-0.05, 0) is 67.1 Å². The number of hydrogen-bond acceptors (Lipinski definition) is 7. The zero-order valence-corrected chi connectivity index (χ0v) is 26.0. The van der Waals surface area contributed by atoms with Crippen molar-refractivity contribution < 1.29 is 29.4 Å². The Morgan fingerprint density at radius 2 is 1.30 bits per heavy atom. The van der Waals surface area contributed by atoms with Gasteiger partial charge in [0.25, 0.3) is 0 Å². The van der Waals surface area contributed by atoms with Crippen LogP contribution in [-0.2, 0) is 38.4 Å². The molecule has 4 unspecified atom stereocenters. The van der Waals surface area contributed by atoms with E-state index in [9.17, 15) is 29.4 Å². The molecule has 0 fully saturated rings. The Hall–Kier alpha value is -5.20. The van der Waals surface area contributed by atoms with Gasteiger partial charge in [0.1, 0.15) is 23.9 Å². The number of amides is 3. The molecular formula is C35H42N6O6. The number of benzene rings is 3. The average molecular weight is 643 g/mol. The van der Waals surface area contributed by atoms with Crippen LogP contribution >= 0.6 is 0 Å². The number of phenolic OH excluding ortho intramolecular Hbond substituents is 1. The largest absolute Gasteiger partial charge is 0.508 e. The van der Waals surface area contributed by atoms with Gasteiger partial charge in [-0.15, -0.1) is 0 Å². The first-order valence-corrected chi connectivity index (χ1v) is 15.6. The van der Waals surface area contributed by atoms with Crippen molar-refractivity contribution in [2.45, 2.75) is 62.7 Å². The summed E-state index contributed by atoms with van der Waals surface area (Å²) >= 11 is 0. The Morgan fingerprint density at radius 3 is 1.98 bits per heavy atom. The number of fused-ring (bicyclic) bond motifs is 1. The Bertz CT molecular complexity index is 1640. The second-order valence-corrected chi connectivity index (χ2v) is 11.5. The third-order valence-electron chi connectivity index (χ3n) is 7.94. The summed E-state index contributed by atoms with van der Waals surface area (Å²) in [4.78, 5) is 56.0. The summed E-state index contributed by atoms with van der Waals surface area (Å²) in [7, 11) is 0. The summed E-state index contributed by atoms with van der Waals surface area (Å²) in [6.07, 6.45) is 3.34. The number of carbonyl (C=O) groups excluding carboxylic acids is 3. The molecule has 0 spiro atoms. The molecule has 0 aliphatic heterocycles. The zero-order valence-electron chi connectivity index (χ0n) is 26.0. The monoisotopic (exact) mass is 642 g/mol. The van der Waals surface area contributed by atoms with E-state index in [0.717, 1.165) is 22.0 Å². The van der Waals surface area contributed by atoms with Crippen LogP contribution in [0.1, 0.15) is 36.0 Å². The number of H-pyrrole nitrogens is 1. The van der Waals surface area contributed by atoms with E-state index in [2.05, 4.69) is 20.9 Å². The molecule has 3 amide bonds. The van der Waals surface area contributed by atoms with Gasteiger partial charge in [-0.2, -0.15) is 0 Å². The maximum Gasteiger partial charge on any atom is 0.326 e. The number of hydrogen-bond donors (Lipinski definition) is 8. The fourth-order valence-electron chi connectivity index (χ4n) is 5.34. The third-order valence-corrected chi connectivity index (χ3v) is 7.94. The molecule has 0 bridgehead atoms. The maximum absolute atomic E-state index is 14.0. The first kappa shape index (κ1) is 34.7. The van der Waals surface area contributed by atoms with E-state index in [1.54, 1.807) is 18.3 Å². The normalized spacial score (nSPS) is 13.7. The van der Waals surface area contributed by atoms with Crippen molar-refractivity contribution in [3.05, 3.63) is 102 Å². The van der Waals surface area contributed by atoms with Crippen molar-refractivity contribution >= 4 is 34.6 Å². The molecule has 12 heteroatoms. The van der Waals surface area contributed by atoms with Crippen LogP contribution in [0, 0.1) is 0 Å². The van der Waals surface area contributed by atoms with Gasteiger partial charge in [-0.1, -0.05) is 60.7 Å². The number of nitrogens with two attached hydrogens (primary N) is 2. The van der Waals surface area contributed by atoms with Gasteiger partial charge >= 0.3 is 5.97 Å². The van der Waals surface area contributed by atoms with E-state index in [-0.39, 0.29) is 31.4 Å². The minimum absolute atomic E-state index is 0.00569. The predicted octanol–water partition coefficient (Wildman–Crippen LogP) is 1.90. The Kier molecular flexibility index (Phi) is 12.5. The van der Waals surface area contributed by atoms with Crippen LogP contribution < -0.4 is 27.4 Å². The molecule has 1 aromatic heterocycles. The number of carboxylic acids is 1. The SMILES string of the molecule is NCCCCC(NC(=O)C(Cc1ccc(O)cc1)NC(=O)C(Cc1c[nH]c2ccccc12)NC(=O)C(N)Cc1ccccc1)C(=O)O. The standard InChI is InChI=1S/C35H42N6O6/c36-17-7-6-12-29(35(46)47)39-33(44)30(19-23-13-15-25(42)16-14-23)41-34(45)31(20-24-21-38-28-11-5-4-10-26(24)28)40-32(43)27(37)18-22-8-2-1-3-9-22/h1-5,8-11,13-16,21,27,29-31,38,42H,6-7,12,17-20,36-37H2,(H,39,44)(H,40,43)(H,41,45)(H,46,47). The molecule has 3 aromatic carbocycles. The van der Waals surface area contributed by atoms with Crippen molar-refractivity contribution in [2.75, 3.05) is 6.54 Å². The molecule has 10 N–H and O–H groups in total. The number of carboxylic acid groups (broad SMARTS) is 1. The second kappa shape index (κ2) is 16.9. The van der Waals surface area contributed by atoms with Crippen molar-refractivity contribution in [3.8, 4) is 5.75 Å². The topological polar surface area (TPSA) is 213 Å². The van der Waals surface area contributed by atoms with Gasteiger partial charge in [0, 0.05) is 29.9 Å². The lowest BCUT2D eigenvalue weighted by atomic mass is 10.0. The lowest BCUT2D eigenvalue weighted by molar-refractivity contribution is -0.142. The number of phenols is 1. The van der Waals surface area contributed by atoms with Crippen molar-refractivity contribution in [3.63, 3.8) is 0 Å². The number of aromatic nitrogens is 1. The van der Waals surface area contributed by atoms with E-state index in [0.29, 0.717) is 24.9 Å². The fourth-order valence-corrected chi connectivity index (χ4v) is 5.34. The van der Waals surface area contributed by atoms with Crippen LogP contribution in [-0.4, -0.2) is 69.6 Å². The summed E-state index contributed by atoms with van der Waals surface area (Å²) < 4.78 is 0. The Morgan fingerprint density at radius 1 is 0.702 bits per heavy atom. The molecule has 4 aromatic rings. The zero-order chi connectivity index (χ0) is 33.8. The van der Waals surface area contributed by atoms with Gasteiger partial charge in [0.15, 0.2) is 0 Å². The van der Waals surface area contributed by atoms with Crippen LogP contribution in [0.2, 0.25) is 0 Å². The van der Waals surface area contributed by atoms with Gasteiger partial charge in [0.05, 0.1) is 6.04 Å². The average Bonchev–Trinajstić information content (AvgIpc) is 3.47. The second-order valence-electron chi connectivity index (χ2n) is 11.5. The van der Waals surface area contributed by atoms with Gasteiger partial charge in [-0.3, -0.25) is 14.4 Å². The molecular weight excluding hydrogens is 600 g/mol. The van der Waals surface area contributed by atoms with Gasteiger partial charge in [-0.25, -0.2) is 4.79 Å².